The van der Waals surface area contributed by atoms with Gasteiger partial charge in [-0.2, -0.15) is 0 Å². The average molecular weight is 239 g/mol. The number of sulfonamides is 1. The summed E-state index contributed by atoms with van der Waals surface area (Å²) in [6.07, 6.45) is 3.78. The summed E-state index contributed by atoms with van der Waals surface area (Å²) >= 11 is 0. The number of carbonyl (C=O) groups is 1. The van der Waals surface area contributed by atoms with E-state index in [-0.39, 0.29) is 12.3 Å². The fourth-order valence-electron chi connectivity index (χ4n) is 1.09. The lowest BCUT2D eigenvalue weighted by atomic mass is 10.2. The SMILES string of the molecule is O=CCNS(=O)(=O)CC=Cc1ccccc1. The molecule has 0 unspecified atom stereocenters. The molecule has 0 bridgehead atoms. The number of hydrogen-bond donors (Lipinski definition) is 1. The molecule has 1 aromatic carbocycles. The highest BCUT2D eigenvalue weighted by atomic mass is 32.2. The second-order valence-corrected chi connectivity index (χ2v) is 4.96. The Morgan fingerprint density at radius 3 is 2.50 bits per heavy atom. The molecule has 0 heterocycles. The van der Waals surface area contributed by atoms with Crippen molar-refractivity contribution in [2.75, 3.05) is 12.3 Å². The number of aldehydes is 1. The van der Waals surface area contributed by atoms with Crippen molar-refractivity contribution in [3.8, 4) is 0 Å². The summed E-state index contributed by atoms with van der Waals surface area (Å²) in [5, 5.41) is 0. The monoisotopic (exact) mass is 239 g/mol. The first-order valence-electron chi connectivity index (χ1n) is 4.76. The van der Waals surface area contributed by atoms with Crippen LogP contribution in [0, 0.1) is 0 Å². The first kappa shape index (κ1) is 12.6. The molecule has 0 amide bonds. The highest BCUT2D eigenvalue weighted by molar-refractivity contribution is 7.89. The molecule has 5 heteroatoms. The Hall–Kier alpha value is -1.46. The fraction of sp³-hybridized carbons (Fsp3) is 0.182. The maximum absolute atomic E-state index is 11.3. The van der Waals surface area contributed by atoms with Gasteiger partial charge in [-0.3, -0.25) is 0 Å². The van der Waals surface area contributed by atoms with Crippen molar-refractivity contribution in [1.82, 2.24) is 4.72 Å². The van der Waals surface area contributed by atoms with Crippen molar-refractivity contribution in [2.45, 2.75) is 0 Å². The first-order valence-corrected chi connectivity index (χ1v) is 6.42. The quantitative estimate of drug-likeness (QED) is 0.747. The van der Waals surface area contributed by atoms with E-state index in [1.165, 1.54) is 0 Å². The maximum Gasteiger partial charge on any atom is 0.215 e. The molecule has 16 heavy (non-hydrogen) atoms. The Kier molecular flexibility index (Phi) is 4.88. The van der Waals surface area contributed by atoms with E-state index in [4.69, 9.17) is 0 Å². The fourth-order valence-corrected chi connectivity index (χ4v) is 1.88. The van der Waals surface area contributed by atoms with Crippen LogP contribution in [-0.2, 0) is 14.8 Å². The summed E-state index contributed by atoms with van der Waals surface area (Å²) in [6, 6.07) is 9.39. The van der Waals surface area contributed by atoms with Crippen molar-refractivity contribution >= 4 is 22.4 Å². The number of benzene rings is 1. The highest BCUT2D eigenvalue weighted by Crippen LogP contribution is 2.01. The van der Waals surface area contributed by atoms with Crippen LogP contribution in [0.3, 0.4) is 0 Å². The zero-order valence-corrected chi connectivity index (χ0v) is 9.48. The highest BCUT2D eigenvalue weighted by Gasteiger charge is 2.05. The average Bonchev–Trinajstić information content (AvgIpc) is 2.28. The van der Waals surface area contributed by atoms with Gasteiger partial charge in [0.15, 0.2) is 0 Å². The van der Waals surface area contributed by atoms with Crippen LogP contribution < -0.4 is 4.72 Å². The Bertz CT molecular complexity index is 451. The summed E-state index contributed by atoms with van der Waals surface area (Å²) in [7, 11) is -3.38. The number of hydrogen-bond acceptors (Lipinski definition) is 3. The van der Waals surface area contributed by atoms with Gasteiger partial charge >= 0.3 is 0 Å². The van der Waals surface area contributed by atoms with Crippen LogP contribution in [0.15, 0.2) is 36.4 Å². The van der Waals surface area contributed by atoms with Gasteiger partial charge in [0.1, 0.15) is 6.29 Å². The Morgan fingerprint density at radius 2 is 1.88 bits per heavy atom. The molecule has 86 valence electrons. The summed E-state index contributed by atoms with van der Waals surface area (Å²) in [6.45, 7) is -0.179. The second kappa shape index (κ2) is 6.19. The lowest BCUT2D eigenvalue weighted by molar-refractivity contribution is -0.106. The van der Waals surface area contributed by atoms with Crippen LogP contribution in [0.4, 0.5) is 0 Å². The van der Waals surface area contributed by atoms with Crippen molar-refractivity contribution in [3.05, 3.63) is 42.0 Å². The Balaban J connectivity index is 2.51. The molecule has 4 nitrogen and oxygen atoms in total. The van der Waals surface area contributed by atoms with E-state index in [2.05, 4.69) is 4.72 Å². The van der Waals surface area contributed by atoms with Crippen LogP contribution in [0.1, 0.15) is 5.56 Å². The molecule has 0 aliphatic heterocycles. The molecular formula is C11H13NO3S. The molecule has 1 N–H and O–H groups in total. The molecule has 1 aromatic rings. The first-order chi connectivity index (χ1) is 7.64. The molecule has 0 spiro atoms. The third-order valence-electron chi connectivity index (χ3n) is 1.81. The summed E-state index contributed by atoms with van der Waals surface area (Å²) in [5.41, 5.74) is 0.938. The van der Waals surface area contributed by atoms with Crippen LogP contribution in [0.25, 0.3) is 6.08 Å². The minimum Gasteiger partial charge on any atom is -0.302 e. The summed E-state index contributed by atoms with van der Waals surface area (Å²) < 4.78 is 24.7. The van der Waals surface area contributed by atoms with Crippen LogP contribution in [-0.4, -0.2) is 27.0 Å². The van der Waals surface area contributed by atoms with Gasteiger partial charge in [0.05, 0.1) is 12.3 Å². The molecule has 0 aromatic heterocycles. The molecule has 0 radical (unpaired) electrons. The molecule has 0 saturated heterocycles. The van der Waals surface area contributed by atoms with Gasteiger partial charge in [-0.05, 0) is 5.56 Å². The minimum absolute atomic E-state index is 0.129. The van der Waals surface area contributed by atoms with Gasteiger partial charge in [0.2, 0.25) is 10.0 Å². The van der Waals surface area contributed by atoms with Gasteiger partial charge in [0.25, 0.3) is 0 Å². The van der Waals surface area contributed by atoms with E-state index in [1.807, 2.05) is 30.3 Å². The second-order valence-electron chi connectivity index (χ2n) is 3.11. The molecule has 0 atom stereocenters. The van der Waals surface area contributed by atoms with E-state index in [0.717, 1.165) is 5.56 Å². The van der Waals surface area contributed by atoms with Gasteiger partial charge in [0, 0.05) is 0 Å². The van der Waals surface area contributed by atoms with E-state index in [0.29, 0.717) is 6.29 Å². The number of rotatable bonds is 6. The Labute approximate surface area is 95.0 Å². The predicted molar refractivity (Wildman–Crippen MR) is 63.3 cm³/mol. The maximum atomic E-state index is 11.3. The normalized spacial score (nSPS) is 11.8. The summed E-state index contributed by atoms with van der Waals surface area (Å²) in [4.78, 5) is 10.0. The minimum atomic E-state index is -3.38. The standard InChI is InChI=1S/C11H13NO3S/c13-9-8-12-16(14,15)10-4-7-11-5-2-1-3-6-11/h1-7,9,12H,8,10H2. The zero-order valence-electron chi connectivity index (χ0n) is 8.67. The molecular weight excluding hydrogens is 226 g/mol. The largest absolute Gasteiger partial charge is 0.302 e. The van der Waals surface area contributed by atoms with Crippen molar-refractivity contribution in [1.29, 1.82) is 0 Å². The molecule has 0 aliphatic rings. The lowest BCUT2D eigenvalue weighted by Gasteiger charge is -1.99. The van der Waals surface area contributed by atoms with E-state index >= 15 is 0 Å². The lowest BCUT2D eigenvalue weighted by Crippen LogP contribution is -2.27. The zero-order chi connectivity index (χ0) is 11.9. The number of carbonyl (C=O) groups excluding carboxylic acids is 1. The third-order valence-corrected chi connectivity index (χ3v) is 3.05. The Morgan fingerprint density at radius 1 is 1.19 bits per heavy atom. The van der Waals surface area contributed by atoms with E-state index in [1.54, 1.807) is 12.2 Å². The van der Waals surface area contributed by atoms with Gasteiger partial charge < -0.3 is 4.79 Å². The van der Waals surface area contributed by atoms with Crippen molar-refractivity contribution in [2.24, 2.45) is 0 Å². The topological polar surface area (TPSA) is 63.2 Å². The smallest absolute Gasteiger partial charge is 0.215 e. The van der Waals surface area contributed by atoms with Crippen LogP contribution in [0.2, 0.25) is 0 Å². The van der Waals surface area contributed by atoms with Gasteiger partial charge in [-0.1, -0.05) is 42.5 Å². The van der Waals surface area contributed by atoms with Crippen molar-refractivity contribution in [3.63, 3.8) is 0 Å². The van der Waals surface area contributed by atoms with E-state index in [9.17, 15) is 13.2 Å². The van der Waals surface area contributed by atoms with Gasteiger partial charge in [-0.15, -0.1) is 0 Å². The third kappa shape index (κ3) is 4.86. The van der Waals surface area contributed by atoms with Crippen molar-refractivity contribution < 1.29 is 13.2 Å². The number of nitrogens with one attached hydrogen (secondary N) is 1. The molecule has 0 aliphatic carbocycles. The van der Waals surface area contributed by atoms with E-state index < -0.39 is 10.0 Å². The van der Waals surface area contributed by atoms with Crippen LogP contribution >= 0.6 is 0 Å². The summed E-state index contributed by atoms with van der Waals surface area (Å²) in [5.74, 6) is -0.129. The molecule has 0 fully saturated rings. The van der Waals surface area contributed by atoms with Crippen LogP contribution in [0.5, 0.6) is 0 Å². The predicted octanol–water partition coefficient (Wildman–Crippen LogP) is 0.818. The molecule has 0 saturated carbocycles. The van der Waals surface area contributed by atoms with Gasteiger partial charge in [-0.25, -0.2) is 13.1 Å². The molecule has 1 rings (SSSR count).